The molecule has 0 bridgehead atoms. The van der Waals surface area contributed by atoms with E-state index < -0.39 is 5.60 Å². The number of anilines is 1. The van der Waals surface area contributed by atoms with Crippen molar-refractivity contribution in [2.75, 3.05) is 44.2 Å². The molecule has 3 amide bonds. The van der Waals surface area contributed by atoms with Crippen LogP contribution in [0.3, 0.4) is 0 Å². The second-order valence-electron chi connectivity index (χ2n) is 11.2. The minimum Gasteiger partial charge on any atom is -0.385 e. The predicted molar refractivity (Wildman–Crippen MR) is 147 cm³/mol. The largest absolute Gasteiger partial charge is 0.385 e. The van der Waals surface area contributed by atoms with Crippen molar-refractivity contribution < 1.29 is 24.2 Å². The van der Waals surface area contributed by atoms with Gasteiger partial charge in [-0.2, -0.15) is 0 Å². The lowest BCUT2D eigenvalue weighted by atomic mass is 9.83. The standard InChI is InChI=1S/C30H34ClN3O5/c31-22-8-6-21(7-9-22)30(38)12-16-33(17-13-30)27(35)20-10-14-32(15-11-20)25-5-1-4-24-26(25)29(37)34(28(24)36)19-23-3-2-18-39-23/h1,4-9,20,23,38H,2-3,10-19H2. The Kier molecular flexibility index (Phi) is 7.12. The fraction of sp³-hybridized carbons (Fsp3) is 0.500. The predicted octanol–water partition coefficient (Wildman–Crippen LogP) is 3.84. The van der Waals surface area contributed by atoms with Crippen LogP contribution in [0.5, 0.6) is 0 Å². The van der Waals surface area contributed by atoms with Crippen LogP contribution in [0.25, 0.3) is 0 Å². The molecule has 206 valence electrons. The van der Waals surface area contributed by atoms with Gasteiger partial charge in [0, 0.05) is 43.7 Å². The Bertz CT molecular complexity index is 1260. The van der Waals surface area contributed by atoms with Crippen LogP contribution >= 0.6 is 11.6 Å². The summed E-state index contributed by atoms with van der Waals surface area (Å²) in [5, 5.41) is 11.8. The summed E-state index contributed by atoms with van der Waals surface area (Å²) in [5.41, 5.74) is 1.60. The number of benzene rings is 2. The highest BCUT2D eigenvalue weighted by atomic mass is 35.5. The molecule has 1 atom stereocenters. The summed E-state index contributed by atoms with van der Waals surface area (Å²) in [5.74, 6) is -0.449. The number of carbonyl (C=O) groups excluding carboxylic acids is 3. The molecule has 1 unspecified atom stereocenters. The highest BCUT2D eigenvalue weighted by Crippen LogP contribution is 2.37. The van der Waals surface area contributed by atoms with Crippen molar-refractivity contribution in [3.8, 4) is 0 Å². The summed E-state index contributed by atoms with van der Waals surface area (Å²) in [7, 11) is 0. The molecule has 1 N–H and O–H groups in total. The van der Waals surface area contributed by atoms with Gasteiger partial charge in [0.05, 0.1) is 35.1 Å². The summed E-state index contributed by atoms with van der Waals surface area (Å²) in [4.78, 5) is 45.1. The average Bonchev–Trinajstić information content (AvgIpc) is 3.56. The molecule has 0 aromatic heterocycles. The summed E-state index contributed by atoms with van der Waals surface area (Å²) in [6.07, 6.45) is 4.08. The van der Waals surface area contributed by atoms with Crippen LogP contribution in [0.15, 0.2) is 42.5 Å². The van der Waals surface area contributed by atoms with Gasteiger partial charge in [0.2, 0.25) is 5.91 Å². The van der Waals surface area contributed by atoms with Gasteiger partial charge in [-0.1, -0.05) is 29.8 Å². The molecule has 4 heterocycles. The number of hydrogen-bond donors (Lipinski definition) is 1. The van der Waals surface area contributed by atoms with E-state index >= 15 is 0 Å². The lowest BCUT2D eigenvalue weighted by molar-refractivity contribution is -0.140. The highest BCUT2D eigenvalue weighted by Gasteiger charge is 2.41. The monoisotopic (exact) mass is 551 g/mol. The number of aliphatic hydroxyl groups is 1. The molecule has 3 fully saturated rings. The van der Waals surface area contributed by atoms with Gasteiger partial charge in [0.1, 0.15) is 0 Å². The molecular weight excluding hydrogens is 518 g/mol. The number of likely N-dealkylation sites (tertiary alicyclic amines) is 1. The number of hydrogen-bond acceptors (Lipinski definition) is 6. The Morgan fingerprint density at radius 3 is 2.36 bits per heavy atom. The van der Waals surface area contributed by atoms with Crippen molar-refractivity contribution in [3.63, 3.8) is 0 Å². The highest BCUT2D eigenvalue weighted by molar-refractivity contribution is 6.30. The van der Waals surface area contributed by atoms with Crippen LogP contribution in [0.4, 0.5) is 5.69 Å². The topological polar surface area (TPSA) is 90.4 Å². The average molecular weight is 552 g/mol. The zero-order valence-electron chi connectivity index (χ0n) is 22.0. The van der Waals surface area contributed by atoms with Crippen LogP contribution in [0.1, 0.15) is 64.8 Å². The molecule has 8 nitrogen and oxygen atoms in total. The second kappa shape index (κ2) is 10.6. The Balaban J connectivity index is 1.07. The van der Waals surface area contributed by atoms with Gasteiger partial charge in [0.25, 0.3) is 11.8 Å². The third-order valence-electron chi connectivity index (χ3n) is 8.86. The number of carbonyl (C=O) groups is 3. The molecule has 0 spiro atoms. The maximum Gasteiger partial charge on any atom is 0.263 e. The first kappa shape index (κ1) is 26.3. The maximum absolute atomic E-state index is 13.4. The Morgan fingerprint density at radius 1 is 0.974 bits per heavy atom. The smallest absolute Gasteiger partial charge is 0.263 e. The minimum atomic E-state index is -0.944. The Morgan fingerprint density at radius 2 is 1.69 bits per heavy atom. The Labute approximate surface area is 233 Å². The zero-order valence-corrected chi connectivity index (χ0v) is 22.7. The van der Waals surface area contributed by atoms with Gasteiger partial charge in [-0.15, -0.1) is 0 Å². The number of halogens is 1. The maximum atomic E-state index is 13.4. The van der Waals surface area contributed by atoms with Crippen molar-refractivity contribution in [3.05, 3.63) is 64.2 Å². The van der Waals surface area contributed by atoms with Crippen molar-refractivity contribution in [2.45, 2.75) is 50.2 Å². The molecule has 3 saturated heterocycles. The molecule has 0 radical (unpaired) electrons. The first-order chi connectivity index (χ1) is 18.8. The Hall–Kier alpha value is -2.94. The summed E-state index contributed by atoms with van der Waals surface area (Å²) < 4.78 is 5.67. The summed E-state index contributed by atoms with van der Waals surface area (Å²) in [6.45, 7) is 3.28. The molecular formula is C30H34ClN3O5. The minimum absolute atomic E-state index is 0.0885. The fourth-order valence-corrected chi connectivity index (χ4v) is 6.63. The molecule has 4 aliphatic rings. The van der Waals surface area contributed by atoms with Crippen LogP contribution in [-0.4, -0.2) is 78.1 Å². The molecule has 4 aliphatic heterocycles. The molecule has 0 saturated carbocycles. The van der Waals surface area contributed by atoms with E-state index in [0.717, 1.165) is 24.1 Å². The van der Waals surface area contributed by atoms with Crippen molar-refractivity contribution in [1.29, 1.82) is 0 Å². The van der Waals surface area contributed by atoms with Crippen LogP contribution in [0, 0.1) is 5.92 Å². The van der Waals surface area contributed by atoms with E-state index in [2.05, 4.69) is 4.90 Å². The molecule has 39 heavy (non-hydrogen) atoms. The van der Waals surface area contributed by atoms with Gasteiger partial charge in [-0.3, -0.25) is 19.3 Å². The van der Waals surface area contributed by atoms with E-state index in [1.165, 1.54) is 4.90 Å². The number of piperidine rings is 2. The normalized spacial score (nSPS) is 23.4. The SMILES string of the molecule is O=C(C1CCN(c2cccc3c2C(=O)N(CC2CCCO2)C3=O)CC1)N1CCC(O)(c2ccc(Cl)cc2)CC1. The van der Waals surface area contributed by atoms with Crippen molar-refractivity contribution in [2.24, 2.45) is 5.92 Å². The van der Waals surface area contributed by atoms with Crippen LogP contribution in [-0.2, 0) is 15.1 Å². The van der Waals surface area contributed by atoms with E-state index in [9.17, 15) is 19.5 Å². The second-order valence-corrected chi connectivity index (χ2v) is 11.6. The molecule has 2 aromatic carbocycles. The lowest BCUT2D eigenvalue weighted by Crippen LogP contribution is -2.49. The zero-order chi connectivity index (χ0) is 27.1. The molecule has 0 aliphatic carbocycles. The third kappa shape index (κ3) is 4.94. The van der Waals surface area contributed by atoms with Gasteiger partial charge in [0.15, 0.2) is 0 Å². The summed E-state index contributed by atoms with van der Waals surface area (Å²) >= 11 is 6.00. The van der Waals surface area contributed by atoms with E-state index in [-0.39, 0.29) is 29.7 Å². The number of fused-ring (bicyclic) bond motifs is 1. The van der Waals surface area contributed by atoms with E-state index in [1.54, 1.807) is 18.2 Å². The van der Waals surface area contributed by atoms with E-state index in [0.29, 0.717) is 81.2 Å². The number of amides is 3. The molecule has 6 rings (SSSR count). The van der Waals surface area contributed by atoms with E-state index in [4.69, 9.17) is 16.3 Å². The fourth-order valence-electron chi connectivity index (χ4n) is 6.51. The third-order valence-corrected chi connectivity index (χ3v) is 9.11. The van der Waals surface area contributed by atoms with Gasteiger partial charge in [-0.05, 0) is 68.4 Å². The lowest BCUT2D eigenvalue weighted by Gasteiger charge is -2.41. The van der Waals surface area contributed by atoms with Crippen molar-refractivity contribution >= 4 is 35.0 Å². The molecule has 2 aromatic rings. The van der Waals surface area contributed by atoms with Gasteiger partial charge >= 0.3 is 0 Å². The number of rotatable bonds is 5. The number of imide groups is 1. The van der Waals surface area contributed by atoms with Crippen molar-refractivity contribution in [1.82, 2.24) is 9.80 Å². The van der Waals surface area contributed by atoms with E-state index in [1.807, 2.05) is 29.2 Å². The van der Waals surface area contributed by atoms with Crippen LogP contribution < -0.4 is 4.90 Å². The van der Waals surface area contributed by atoms with Gasteiger partial charge in [-0.25, -0.2) is 0 Å². The first-order valence-electron chi connectivity index (χ1n) is 14.0. The first-order valence-corrected chi connectivity index (χ1v) is 14.3. The quantitative estimate of drug-likeness (QED) is 0.568. The summed E-state index contributed by atoms with van der Waals surface area (Å²) in [6, 6.07) is 12.8. The van der Waals surface area contributed by atoms with Gasteiger partial charge < -0.3 is 19.6 Å². The molecule has 9 heteroatoms. The van der Waals surface area contributed by atoms with Crippen LogP contribution in [0.2, 0.25) is 5.02 Å². The number of ether oxygens (including phenoxy) is 1. The number of nitrogens with zero attached hydrogens (tertiary/aromatic N) is 3.